The largest absolute Gasteiger partial charge is 0.366 e. The van der Waals surface area contributed by atoms with Crippen molar-refractivity contribution in [2.24, 2.45) is 0 Å². The summed E-state index contributed by atoms with van der Waals surface area (Å²) in [4.78, 5) is 2.52. The SMILES string of the molecule is c1ccc(CN2CCC(Nc3cccnn3)CC2)cc1. The zero-order valence-corrected chi connectivity index (χ0v) is 11.6. The highest BCUT2D eigenvalue weighted by Gasteiger charge is 2.19. The minimum Gasteiger partial charge on any atom is -0.366 e. The molecule has 0 radical (unpaired) electrons. The Hall–Kier alpha value is -1.94. The van der Waals surface area contributed by atoms with Crippen molar-refractivity contribution in [2.45, 2.75) is 25.4 Å². The van der Waals surface area contributed by atoms with E-state index in [0.717, 1.165) is 38.3 Å². The van der Waals surface area contributed by atoms with Crippen molar-refractivity contribution < 1.29 is 0 Å². The maximum absolute atomic E-state index is 4.08. The predicted octanol–water partition coefficient (Wildman–Crippen LogP) is 2.55. The van der Waals surface area contributed by atoms with E-state index in [9.17, 15) is 0 Å². The van der Waals surface area contributed by atoms with Crippen LogP contribution in [0.25, 0.3) is 0 Å². The lowest BCUT2D eigenvalue weighted by atomic mass is 10.0. The second-order valence-electron chi connectivity index (χ2n) is 5.29. The lowest BCUT2D eigenvalue weighted by molar-refractivity contribution is 0.211. The third kappa shape index (κ3) is 3.54. The molecule has 4 heteroatoms. The molecule has 1 aliphatic rings. The van der Waals surface area contributed by atoms with Crippen LogP contribution >= 0.6 is 0 Å². The summed E-state index contributed by atoms with van der Waals surface area (Å²) < 4.78 is 0. The Balaban J connectivity index is 1.47. The van der Waals surface area contributed by atoms with Crippen LogP contribution in [-0.4, -0.2) is 34.2 Å². The van der Waals surface area contributed by atoms with Crippen molar-refractivity contribution in [1.29, 1.82) is 0 Å². The molecule has 0 amide bonds. The monoisotopic (exact) mass is 268 g/mol. The van der Waals surface area contributed by atoms with E-state index in [2.05, 4.69) is 50.7 Å². The summed E-state index contributed by atoms with van der Waals surface area (Å²) in [6.45, 7) is 3.32. The molecule has 1 fully saturated rings. The van der Waals surface area contributed by atoms with Crippen LogP contribution in [0.2, 0.25) is 0 Å². The first-order valence-corrected chi connectivity index (χ1v) is 7.21. The molecule has 104 valence electrons. The number of nitrogens with zero attached hydrogens (tertiary/aromatic N) is 3. The number of nitrogens with one attached hydrogen (secondary N) is 1. The lowest BCUT2D eigenvalue weighted by Gasteiger charge is -2.32. The lowest BCUT2D eigenvalue weighted by Crippen LogP contribution is -2.38. The number of hydrogen-bond donors (Lipinski definition) is 1. The number of likely N-dealkylation sites (tertiary alicyclic amines) is 1. The molecular weight excluding hydrogens is 248 g/mol. The molecule has 0 saturated carbocycles. The van der Waals surface area contributed by atoms with Crippen molar-refractivity contribution in [3.63, 3.8) is 0 Å². The van der Waals surface area contributed by atoms with Gasteiger partial charge in [-0.2, -0.15) is 5.10 Å². The first-order chi connectivity index (χ1) is 9.90. The Morgan fingerprint density at radius 1 is 1.05 bits per heavy atom. The quantitative estimate of drug-likeness (QED) is 0.925. The third-order valence-corrected chi connectivity index (χ3v) is 3.76. The molecule has 1 aliphatic heterocycles. The van der Waals surface area contributed by atoms with Gasteiger partial charge in [-0.15, -0.1) is 5.10 Å². The number of hydrogen-bond acceptors (Lipinski definition) is 4. The normalized spacial score (nSPS) is 17.0. The molecule has 2 heterocycles. The molecular formula is C16H20N4. The molecule has 1 aromatic carbocycles. The summed E-state index contributed by atoms with van der Waals surface area (Å²) in [5.74, 6) is 0.883. The van der Waals surface area contributed by atoms with Crippen LogP contribution in [0.15, 0.2) is 48.7 Å². The summed E-state index contributed by atoms with van der Waals surface area (Å²) in [6.07, 6.45) is 4.01. The smallest absolute Gasteiger partial charge is 0.148 e. The van der Waals surface area contributed by atoms with Gasteiger partial charge in [-0.1, -0.05) is 30.3 Å². The van der Waals surface area contributed by atoms with Gasteiger partial charge in [0.25, 0.3) is 0 Å². The van der Waals surface area contributed by atoms with Crippen molar-refractivity contribution >= 4 is 5.82 Å². The van der Waals surface area contributed by atoms with E-state index in [-0.39, 0.29) is 0 Å². The average molecular weight is 268 g/mol. The fraction of sp³-hybridized carbons (Fsp3) is 0.375. The number of anilines is 1. The van der Waals surface area contributed by atoms with E-state index in [1.165, 1.54) is 5.56 Å². The Morgan fingerprint density at radius 2 is 1.85 bits per heavy atom. The molecule has 4 nitrogen and oxygen atoms in total. The number of aromatic nitrogens is 2. The van der Waals surface area contributed by atoms with Gasteiger partial charge < -0.3 is 5.32 Å². The molecule has 0 aliphatic carbocycles. The fourth-order valence-corrected chi connectivity index (χ4v) is 2.66. The van der Waals surface area contributed by atoms with Gasteiger partial charge in [0.2, 0.25) is 0 Å². The highest BCUT2D eigenvalue weighted by molar-refractivity contribution is 5.33. The second kappa shape index (κ2) is 6.48. The molecule has 3 rings (SSSR count). The fourth-order valence-electron chi connectivity index (χ4n) is 2.66. The van der Waals surface area contributed by atoms with E-state index >= 15 is 0 Å². The van der Waals surface area contributed by atoms with Gasteiger partial charge >= 0.3 is 0 Å². The topological polar surface area (TPSA) is 41.0 Å². The summed E-state index contributed by atoms with van der Waals surface area (Å²) >= 11 is 0. The third-order valence-electron chi connectivity index (χ3n) is 3.76. The molecule has 2 aromatic rings. The van der Waals surface area contributed by atoms with E-state index in [1.807, 2.05) is 12.1 Å². The molecule has 0 spiro atoms. The Bertz CT molecular complexity index is 457. The Kier molecular flexibility index (Phi) is 4.23. The van der Waals surface area contributed by atoms with Gasteiger partial charge in [0.15, 0.2) is 0 Å². The van der Waals surface area contributed by atoms with Crippen LogP contribution in [0.5, 0.6) is 0 Å². The van der Waals surface area contributed by atoms with Gasteiger partial charge in [-0.25, -0.2) is 0 Å². The van der Waals surface area contributed by atoms with Crippen LogP contribution in [0.4, 0.5) is 5.82 Å². The van der Waals surface area contributed by atoms with Gasteiger partial charge in [0, 0.05) is 31.9 Å². The molecule has 1 saturated heterocycles. The number of benzene rings is 1. The molecule has 1 aromatic heterocycles. The van der Waals surface area contributed by atoms with Crippen LogP contribution < -0.4 is 5.32 Å². The summed E-state index contributed by atoms with van der Waals surface area (Å²) in [7, 11) is 0. The molecule has 1 N–H and O–H groups in total. The first kappa shape index (κ1) is 13.1. The van der Waals surface area contributed by atoms with E-state index in [4.69, 9.17) is 0 Å². The molecule has 20 heavy (non-hydrogen) atoms. The predicted molar refractivity (Wildman–Crippen MR) is 80.4 cm³/mol. The minimum atomic E-state index is 0.513. The maximum atomic E-state index is 4.08. The molecule has 0 unspecified atom stereocenters. The zero-order chi connectivity index (χ0) is 13.6. The first-order valence-electron chi connectivity index (χ1n) is 7.21. The van der Waals surface area contributed by atoms with E-state index in [0.29, 0.717) is 6.04 Å². The summed E-state index contributed by atoms with van der Waals surface area (Å²) in [6, 6.07) is 15.1. The van der Waals surface area contributed by atoms with Gasteiger partial charge in [0.1, 0.15) is 5.82 Å². The van der Waals surface area contributed by atoms with Crippen LogP contribution in [0.1, 0.15) is 18.4 Å². The van der Waals surface area contributed by atoms with Crippen LogP contribution in [0, 0.1) is 0 Å². The number of rotatable bonds is 4. The van der Waals surface area contributed by atoms with Gasteiger partial charge in [0.05, 0.1) is 0 Å². The summed E-state index contributed by atoms with van der Waals surface area (Å²) in [5.41, 5.74) is 1.40. The van der Waals surface area contributed by atoms with Crippen molar-refractivity contribution in [2.75, 3.05) is 18.4 Å². The highest BCUT2D eigenvalue weighted by Crippen LogP contribution is 2.16. The average Bonchev–Trinajstić information content (AvgIpc) is 2.51. The van der Waals surface area contributed by atoms with E-state index in [1.54, 1.807) is 6.20 Å². The summed E-state index contributed by atoms with van der Waals surface area (Å²) in [5, 5.41) is 11.4. The second-order valence-corrected chi connectivity index (χ2v) is 5.29. The van der Waals surface area contributed by atoms with Crippen molar-refractivity contribution in [3.8, 4) is 0 Å². The Morgan fingerprint density at radius 3 is 2.55 bits per heavy atom. The van der Waals surface area contributed by atoms with Crippen LogP contribution in [-0.2, 0) is 6.54 Å². The van der Waals surface area contributed by atoms with Crippen molar-refractivity contribution in [1.82, 2.24) is 15.1 Å². The Labute approximate surface area is 119 Å². The molecule has 0 atom stereocenters. The van der Waals surface area contributed by atoms with E-state index < -0.39 is 0 Å². The van der Waals surface area contributed by atoms with Gasteiger partial charge in [-0.05, 0) is 30.5 Å². The minimum absolute atomic E-state index is 0.513. The zero-order valence-electron chi connectivity index (χ0n) is 11.6. The molecule has 0 bridgehead atoms. The van der Waals surface area contributed by atoms with Gasteiger partial charge in [-0.3, -0.25) is 4.90 Å². The van der Waals surface area contributed by atoms with Crippen LogP contribution in [0.3, 0.4) is 0 Å². The van der Waals surface area contributed by atoms with Crippen molar-refractivity contribution in [3.05, 3.63) is 54.2 Å². The number of piperidine rings is 1. The standard InChI is InChI=1S/C16H20N4/c1-2-5-14(6-3-1)13-20-11-8-15(9-12-20)18-16-7-4-10-17-19-16/h1-7,10,15H,8-9,11-13H2,(H,18,19). The highest BCUT2D eigenvalue weighted by atomic mass is 15.2. The maximum Gasteiger partial charge on any atom is 0.148 e.